The molecule has 1 aromatic rings. The Morgan fingerprint density at radius 1 is 1.38 bits per heavy atom. The topological polar surface area (TPSA) is 114 Å². The van der Waals surface area contributed by atoms with Gasteiger partial charge in [0.1, 0.15) is 0 Å². The molecule has 5 N–H and O–H groups in total. The fourth-order valence-electron chi connectivity index (χ4n) is 2.78. The van der Waals surface area contributed by atoms with Crippen molar-refractivity contribution in [1.29, 1.82) is 0 Å². The van der Waals surface area contributed by atoms with Gasteiger partial charge in [-0.1, -0.05) is 19.1 Å². The molecule has 24 heavy (non-hydrogen) atoms. The Balaban J connectivity index is 0.00000288. The van der Waals surface area contributed by atoms with Crippen molar-refractivity contribution in [2.24, 2.45) is 15.9 Å². The van der Waals surface area contributed by atoms with E-state index < -0.39 is 10.0 Å². The first kappa shape index (κ1) is 21.1. The molecule has 0 aromatic heterocycles. The SMILES string of the molecule is CCN1CCCC1CNC(N)=NCc1ccc(S(N)(=O)=O)cc1.I. The van der Waals surface area contributed by atoms with E-state index in [0.29, 0.717) is 18.5 Å². The molecule has 1 unspecified atom stereocenters. The summed E-state index contributed by atoms with van der Waals surface area (Å²) in [6, 6.07) is 6.84. The van der Waals surface area contributed by atoms with Gasteiger partial charge in [0.15, 0.2) is 5.96 Å². The fourth-order valence-corrected chi connectivity index (χ4v) is 3.30. The van der Waals surface area contributed by atoms with Crippen molar-refractivity contribution in [2.45, 2.75) is 37.2 Å². The molecular weight excluding hydrogens is 441 g/mol. The minimum atomic E-state index is -3.65. The van der Waals surface area contributed by atoms with Crippen LogP contribution >= 0.6 is 24.0 Å². The summed E-state index contributed by atoms with van der Waals surface area (Å²) in [6.07, 6.45) is 2.41. The van der Waals surface area contributed by atoms with Gasteiger partial charge in [-0.15, -0.1) is 24.0 Å². The number of sulfonamides is 1. The summed E-state index contributed by atoms with van der Waals surface area (Å²) < 4.78 is 22.4. The molecule has 7 nitrogen and oxygen atoms in total. The molecule has 1 aliphatic heterocycles. The zero-order valence-electron chi connectivity index (χ0n) is 13.8. The van der Waals surface area contributed by atoms with Crippen molar-refractivity contribution in [3.63, 3.8) is 0 Å². The molecule has 0 aliphatic carbocycles. The highest BCUT2D eigenvalue weighted by Gasteiger charge is 2.22. The zero-order chi connectivity index (χ0) is 16.9. The normalized spacial score (nSPS) is 19.1. The lowest BCUT2D eigenvalue weighted by molar-refractivity contribution is 0.267. The predicted octanol–water partition coefficient (Wildman–Crippen LogP) is 0.841. The van der Waals surface area contributed by atoms with Gasteiger partial charge in [-0.25, -0.2) is 18.5 Å². The molecule has 1 fully saturated rings. The van der Waals surface area contributed by atoms with Crippen molar-refractivity contribution in [2.75, 3.05) is 19.6 Å². The first-order chi connectivity index (χ1) is 10.9. The lowest BCUT2D eigenvalue weighted by Gasteiger charge is -2.23. The lowest BCUT2D eigenvalue weighted by atomic mass is 10.2. The van der Waals surface area contributed by atoms with Crippen LogP contribution in [-0.2, 0) is 16.6 Å². The molecular formula is C15H26IN5O2S. The summed E-state index contributed by atoms with van der Waals surface area (Å²) in [5.74, 6) is 0.406. The van der Waals surface area contributed by atoms with Gasteiger partial charge in [0.2, 0.25) is 10.0 Å². The summed E-state index contributed by atoms with van der Waals surface area (Å²) >= 11 is 0. The maximum Gasteiger partial charge on any atom is 0.238 e. The second-order valence-corrected chi connectivity index (χ2v) is 7.26. The Bertz CT molecular complexity index is 648. The van der Waals surface area contributed by atoms with Gasteiger partial charge in [0, 0.05) is 12.6 Å². The van der Waals surface area contributed by atoms with Crippen molar-refractivity contribution in [3.8, 4) is 0 Å². The van der Waals surface area contributed by atoms with Gasteiger partial charge in [-0.2, -0.15) is 0 Å². The van der Waals surface area contributed by atoms with Gasteiger partial charge >= 0.3 is 0 Å². The fraction of sp³-hybridized carbons (Fsp3) is 0.533. The average Bonchev–Trinajstić information content (AvgIpc) is 2.98. The van der Waals surface area contributed by atoms with Crippen molar-refractivity contribution < 1.29 is 8.42 Å². The van der Waals surface area contributed by atoms with E-state index in [2.05, 4.69) is 22.1 Å². The number of aliphatic imine (C=N–C) groups is 1. The average molecular weight is 467 g/mol. The number of hydrogen-bond donors (Lipinski definition) is 3. The second kappa shape index (κ2) is 9.54. The number of nitrogens with two attached hydrogens (primary N) is 2. The number of nitrogens with one attached hydrogen (secondary N) is 1. The maximum atomic E-state index is 11.2. The third-order valence-electron chi connectivity index (χ3n) is 4.11. The third-order valence-corrected chi connectivity index (χ3v) is 5.04. The number of hydrogen-bond acceptors (Lipinski definition) is 4. The largest absolute Gasteiger partial charge is 0.370 e. The Morgan fingerprint density at radius 3 is 2.62 bits per heavy atom. The minimum Gasteiger partial charge on any atom is -0.370 e. The number of guanidine groups is 1. The highest BCUT2D eigenvalue weighted by atomic mass is 127. The maximum absolute atomic E-state index is 11.2. The molecule has 2 rings (SSSR count). The summed E-state index contributed by atoms with van der Waals surface area (Å²) in [5.41, 5.74) is 6.76. The quantitative estimate of drug-likeness (QED) is 0.326. The van der Waals surface area contributed by atoms with E-state index in [-0.39, 0.29) is 28.9 Å². The number of likely N-dealkylation sites (N-methyl/N-ethyl adjacent to an activating group) is 1. The molecule has 0 radical (unpaired) electrons. The van der Waals surface area contributed by atoms with E-state index >= 15 is 0 Å². The Labute approximate surface area is 160 Å². The van der Waals surface area contributed by atoms with Crippen molar-refractivity contribution in [3.05, 3.63) is 29.8 Å². The summed E-state index contributed by atoms with van der Waals surface area (Å²) in [6.45, 7) is 5.57. The van der Waals surface area contributed by atoms with Gasteiger partial charge in [0.25, 0.3) is 0 Å². The van der Waals surface area contributed by atoms with Gasteiger partial charge < -0.3 is 11.1 Å². The van der Waals surface area contributed by atoms with E-state index in [1.165, 1.54) is 25.0 Å². The van der Waals surface area contributed by atoms with Gasteiger partial charge in [-0.3, -0.25) is 4.90 Å². The number of halogens is 1. The number of benzene rings is 1. The van der Waals surface area contributed by atoms with Crippen molar-refractivity contribution in [1.82, 2.24) is 10.2 Å². The van der Waals surface area contributed by atoms with Crippen LogP contribution in [0.15, 0.2) is 34.2 Å². The molecule has 0 saturated carbocycles. The number of rotatable bonds is 6. The van der Waals surface area contributed by atoms with E-state index in [1.54, 1.807) is 12.1 Å². The highest BCUT2D eigenvalue weighted by Crippen LogP contribution is 2.15. The summed E-state index contributed by atoms with van der Waals surface area (Å²) in [7, 11) is -3.65. The Kier molecular flexibility index (Phi) is 8.40. The first-order valence-electron chi connectivity index (χ1n) is 7.79. The molecule has 9 heteroatoms. The standard InChI is InChI=1S/C15H25N5O2S.HI/c1-2-20-9-3-4-13(20)11-19-15(16)18-10-12-5-7-14(8-6-12)23(17,21)22;/h5-8,13H,2-4,9-11H2,1H3,(H3,16,18,19)(H2,17,21,22);1H. The molecule has 1 saturated heterocycles. The molecule has 0 amide bonds. The van der Waals surface area contributed by atoms with E-state index in [1.807, 2.05) is 0 Å². The van der Waals surface area contributed by atoms with Crippen LogP contribution in [0.1, 0.15) is 25.3 Å². The molecule has 0 spiro atoms. The molecule has 136 valence electrons. The summed E-state index contributed by atoms with van der Waals surface area (Å²) in [5, 5.41) is 8.23. The Hall–Kier alpha value is -0.910. The van der Waals surface area contributed by atoms with Crippen LogP contribution in [0.4, 0.5) is 0 Å². The number of nitrogens with zero attached hydrogens (tertiary/aromatic N) is 2. The van der Waals surface area contributed by atoms with Crippen molar-refractivity contribution >= 4 is 40.0 Å². The van der Waals surface area contributed by atoms with Crippen LogP contribution in [-0.4, -0.2) is 45.0 Å². The molecule has 1 aliphatic rings. The third kappa shape index (κ3) is 6.19. The molecule has 1 atom stereocenters. The van der Waals surface area contributed by atoms with Crippen LogP contribution in [0.5, 0.6) is 0 Å². The number of primary sulfonamides is 1. The monoisotopic (exact) mass is 467 g/mol. The van der Waals surface area contributed by atoms with Gasteiger partial charge in [-0.05, 0) is 43.6 Å². The second-order valence-electron chi connectivity index (χ2n) is 5.70. The number of likely N-dealkylation sites (tertiary alicyclic amines) is 1. The van der Waals surface area contributed by atoms with Crippen LogP contribution < -0.4 is 16.2 Å². The van der Waals surface area contributed by atoms with Crippen LogP contribution in [0.25, 0.3) is 0 Å². The Morgan fingerprint density at radius 2 is 2.04 bits per heavy atom. The highest BCUT2D eigenvalue weighted by molar-refractivity contribution is 14.0. The van der Waals surface area contributed by atoms with Crippen LogP contribution in [0, 0.1) is 0 Å². The summed E-state index contributed by atoms with van der Waals surface area (Å²) in [4.78, 5) is 6.81. The zero-order valence-corrected chi connectivity index (χ0v) is 17.0. The van der Waals surface area contributed by atoms with E-state index in [0.717, 1.165) is 25.2 Å². The first-order valence-corrected chi connectivity index (χ1v) is 9.34. The lowest BCUT2D eigenvalue weighted by Crippen LogP contribution is -2.42. The van der Waals surface area contributed by atoms with Gasteiger partial charge in [0.05, 0.1) is 11.4 Å². The van der Waals surface area contributed by atoms with Crippen LogP contribution in [0.2, 0.25) is 0 Å². The molecule has 1 heterocycles. The molecule has 0 bridgehead atoms. The smallest absolute Gasteiger partial charge is 0.238 e. The minimum absolute atomic E-state index is 0. The molecule has 1 aromatic carbocycles. The van der Waals surface area contributed by atoms with Crippen LogP contribution in [0.3, 0.4) is 0 Å². The van der Waals surface area contributed by atoms with E-state index in [9.17, 15) is 8.42 Å². The van der Waals surface area contributed by atoms with E-state index in [4.69, 9.17) is 10.9 Å². The predicted molar refractivity (Wildman–Crippen MR) is 107 cm³/mol.